The molecule has 2 fully saturated rings. The molecule has 3 nitrogen and oxygen atoms in total. The van der Waals surface area contributed by atoms with Gasteiger partial charge in [0.05, 0.1) is 19.3 Å². The second-order valence-corrected chi connectivity index (χ2v) is 3.42. The highest BCUT2D eigenvalue weighted by molar-refractivity contribution is 4.92. The van der Waals surface area contributed by atoms with Gasteiger partial charge < -0.3 is 9.47 Å². The van der Waals surface area contributed by atoms with Crippen molar-refractivity contribution in [1.82, 2.24) is 4.90 Å². The third kappa shape index (κ3) is 1.17. The van der Waals surface area contributed by atoms with E-state index in [-0.39, 0.29) is 0 Å². The van der Waals surface area contributed by atoms with Crippen LogP contribution in [0.3, 0.4) is 0 Å². The van der Waals surface area contributed by atoms with Crippen molar-refractivity contribution in [3.05, 3.63) is 0 Å². The lowest BCUT2D eigenvalue weighted by atomic mass is 10.1. The topological polar surface area (TPSA) is 21.7 Å². The zero-order valence-corrected chi connectivity index (χ0v) is 7.12. The van der Waals surface area contributed by atoms with Gasteiger partial charge in [0.15, 0.2) is 0 Å². The summed E-state index contributed by atoms with van der Waals surface area (Å²) in [5.74, 6) is 0. The SMILES string of the molecule is CC1C2OCCOC2CN1C. The smallest absolute Gasteiger partial charge is 0.100 e. The lowest BCUT2D eigenvalue weighted by molar-refractivity contribution is -0.124. The maximum atomic E-state index is 5.62. The van der Waals surface area contributed by atoms with Crippen molar-refractivity contribution in [3.8, 4) is 0 Å². The number of hydrogen-bond donors (Lipinski definition) is 0. The standard InChI is InChI=1S/C8H15NO2/c1-6-8-7(5-9(6)2)10-3-4-11-8/h6-8H,3-5H2,1-2H3. The maximum absolute atomic E-state index is 5.62. The molecule has 0 amide bonds. The fraction of sp³-hybridized carbons (Fsp3) is 1.00. The monoisotopic (exact) mass is 157 g/mol. The summed E-state index contributed by atoms with van der Waals surface area (Å²) in [7, 11) is 2.12. The Morgan fingerprint density at radius 2 is 2.00 bits per heavy atom. The zero-order chi connectivity index (χ0) is 7.84. The largest absolute Gasteiger partial charge is 0.372 e. The van der Waals surface area contributed by atoms with Gasteiger partial charge in [-0.3, -0.25) is 4.90 Å². The molecule has 3 atom stereocenters. The van der Waals surface area contributed by atoms with Crippen LogP contribution in [-0.2, 0) is 9.47 Å². The van der Waals surface area contributed by atoms with Gasteiger partial charge in [0.2, 0.25) is 0 Å². The third-order valence-corrected chi connectivity index (χ3v) is 2.73. The maximum Gasteiger partial charge on any atom is 0.100 e. The predicted molar refractivity (Wildman–Crippen MR) is 41.6 cm³/mol. The van der Waals surface area contributed by atoms with Crippen LogP contribution in [0.15, 0.2) is 0 Å². The van der Waals surface area contributed by atoms with Crippen molar-refractivity contribution >= 4 is 0 Å². The van der Waals surface area contributed by atoms with Crippen LogP contribution < -0.4 is 0 Å². The Hall–Kier alpha value is -0.120. The third-order valence-electron chi connectivity index (χ3n) is 2.73. The molecule has 3 heteroatoms. The molecular weight excluding hydrogens is 142 g/mol. The van der Waals surface area contributed by atoms with Gasteiger partial charge >= 0.3 is 0 Å². The van der Waals surface area contributed by atoms with Gasteiger partial charge in [-0.2, -0.15) is 0 Å². The molecule has 0 aliphatic carbocycles. The fourth-order valence-corrected chi connectivity index (χ4v) is 1.89. The highest BCUT2D eigenvalue weighted by Crippen LogP contribution is 2.24. The first-order valence-electron chi connectivity index (χ1n) is 4.22. The lowest BCUT2D eigenvalue weighted by Crippen LogP contribution is -2.40. The summed E-state index contributed by atoms with van der Waals surface area (Å²) in [6, 6.07) is 0.514. The minimum absolute atomic E-state index is 0.314. The average Bonchev–Trinajstić information content (AvgIpc) is 2.30. The Labute approximate surface area is 67.3 Å². The number of rotatable bonds is 0. The van der Waals surface area contributed by atoms with E-state index in [2.05, 4.69) is 18.9 Å². The molecule has 0 spiro atoms. The van der Waals surface area contributed by atoms with E-state index in [4.69, 9.17) is 9.47 Å². The van der Waals surface area contributed by atoms with E-state index in [1.807, 2.05) is 0 Å². The molecule has 2 saturated heterocycles. The summed E-state index contributed by atoms with van der Waals surface area (Å²) in [6.45, 7) is 4.74. The Bertz CT molecular complexity index is 151. The number of ether oxygens (including phenoxy) is 2. The molecular formula is C8H15NO2. The highest BCUT2D eigenvalue weighted by atomic mass is 16.6. The molecule has 0 aromatic rings. The molecule has 2 rings (SSSR count). The van der Waals surface area contributed by atoms with E-state index in [0.29, 0.717) is 18.2 Å². The molecule has 0 aromatic carbocycles. The van der Waals surface area contributed by atoms with Gasteiger partial charge in [0.25, 0.3) is 0 Å². The summed E-state index contributed by atoms with van der Waals surface area (Å²) >= 11 is 0. The van der Waals surface area contributed by atoms with Crippen molar-refractivity contribution in [1.29, 1.82) is 0 Å². The highest BCUT2D eigenvalue weighted by Gasteiger charge is 2.40. The van der Waals surface area contributed by atoms with Crippen LogP contribution in [0.25, 0.3) is 0 Å². The van der Waals surface area contributed by atoms with Crippen LogP contribution in [-0.4, -0.2) is 50.0 Å². The van der Waals surface area contributed by atoms with Gasteiger partial charge in [0, 0.05) is 12.6 Å². The zero-order valence-electron chi connectivity index (χ0n) is 7.12. The van der Waals surface area contributed by atoms with Crippen molar-refractivity contribution in [2.45, 2.75) is 25.2 Å². The van der Waals surface area contributed by atoms with Gasteiger partial charge in [-0.15, -0.1) is 0 Å². The molecule has 0 bridgehead atoms. The second-order valence-electron chi connectivity index (χ2n) is 3.42. The fourth-order valence-electron chi connectivity index (χ4n) is 1.89. The summed E-state index contributed by atoms with van der Waals surface area (Å²) in [5.41, 5.74) is 0. The minimum atomic E-state index is 0.314. The van der Waals surface area contributed by atoms with Crippen molar-refractivity contribution < 1.29 is 9.47 Å². The molecule has 11 heavy (non-hydrogen) atoms. The summed E-state index contributed by atoms with van der Waals surface area (Å²) < 4.78 is 11.2. The van der Waals surface area contributed by atoms with Gasteiger partial charge in [-0.1, -0.05) is 0 Å². The van der Waals surface area contributed by atoms with E-state index in [1.54, 1.807) is 0 Å². The number of likely N-dealkylation sites (tertiary alicyclic amines) is 1. The molecule has 3 unspecified atom stereocenters. The number of likely N-dealkylation sites (N-methyl/N-ethyl adjacent to an activating group) is 1. The number of hydrogen-bond acceptors (Lipinski definition) is 3. The molecule has 0 N–H and O–H groups in total. The van der Waals surface area contributed by atoms with E-state index in [1.165, 1.54) is 0 Å². The van der Waals surface area contributed by atoms with Crippen LogP contribution >= 0.6 is 0 Å². The van der Waals surface area contributed by atoms with Crippen LogP contribution in [0, 0.1) is 0 Å². The van der Waals surface area contributed by atoms with E-state index >= 15 is 0 Å². The van der Waals surface area contributed by atoms with E-state index in [0.717, 1.165) is 19.8 Å². The first-order valence-corrected chi connectivity index (χ1v) is 4.22. The van der Waals surface area contributed by atoms with Gasteiger partial charge in [-0.25, -0.2) is 0 Å². The Balaban J connectivity index is 2.05. The predicted octanol–water partition coefficient (Wildman–Crippen LogP) is 0.104. The summed E-state index contributed by atoms with van der Waals surface area (Å²) in [6.07, 6.45) is 0.637. The Morgan fingerprint density at radius 3 is 2.73 bits per heavy atom. The molecule has 2 heterocycles. The quantitative estimate of drug-likeness (QED) is 0.498. The normalized spacial score (nSPS) is 45.8. The van der Waals surface area contributed by atoms with Gasteiger partial charge in [-0.05, 0) is 14.0 Å². The number of nitrogens with zero attached hydrogens (tertiary/aromatic N) is 1. The summed E-state index contributed by atoms with van der Waals surface area (Å²) in [5, 5.41) is 0. The van der Waals surface area contributed by atoms with Crippen LogP contribution in [0.4, 0.5) is 0 Å². The molecule has 0 saturated carbocycles. The van der Waals surface area contributed by atoms with Crippen molar-refractivity contribution in [2.24, 2.45) is 0 Å². The van der Waals surface area contributed by atoms with Crippen molar-refractivity contribution in [2.75, 3.05) is 26.8 Å². The van der Waals surface area contributed by atoms with Gasteiger partial charge in [0.1, 0.15) is 6.10 Å². The molecule has 2 aliphatic rings. The molecule has 64 valence electrons. The van der Waals surface area contributed by atoms with Crippen LogP contribution in [0.1, 0.15) is 6.92 Å². The Morgan fingerprint density at radius 1 is 1.27 bits per heavy atom. The molecule has 2 aliphatic heterocycles. The second kappa shape index (κ2) is 2.73. The van der Waals surface area contributed by atoms with E-state index < -0.39 is 0 Å². The lowest BCUT2D eigenvalue weighted by Gasteiger charge is -2.27. The molecule has 0 aromatic heterocycles. The first kappa shape index (κ1) is 7.53. The number of fused-ring (bicyclic) bond motifs is 1. The average molecular weight is 157 g/mol. The molecule has 0 radical (unpaired) electrons. The Kier molecular flexibility index (Phi) is 1.87. The van der Waals surface area contributed by atoms with Crippen molar-refractivity contribution in [3.63, 3.8) is 0 Å². The van der Waals surface area contributed by atoms with Crippen LogP contribution in [0.5, 0.6) is 0 Å². The minimum Gasteiger partial charge on any atom is -0.372 e. The van der Waals surface area contributed by atoms with Crippen LogP contribution in [0.2, 0.25) is 0 Å². The summed E-state index contributed by atoms with van der Waals surface area (Å²) in [4.78, 5) is 2.29. The first-order chi connectivity index (χ1) is 5.29. The van der Waals surface area contributed by atoms with E-state index in [9.17, 15) is 0 Å².